The molecule has 12 heteroatoms. The van der Waals surface area contributed by atoms with Crippen molar-refractivity contribution >= 4 is 40.6 Å². The van der Waals surface area contributed by atoms with Gasteiger partial charge in [0.2, 0.25) is 5.91 Å². The normalized spacial score (nSPS) is 18.0. The Morgan fingerprint density at radius 3 is 2.40 bits per heavy atom. The van der Waals surface area contributed by atoms with E-state index in [2.05, 4.69) is 10.6 Å². The predicted octanol–water partition coefficient (Wildman–Crippen LogP) is 5.53. The van der Waals surface area contributed by atoms with Gasteiger partial charge in [-0.15, -0.1) is 0 Å². The summed E-state index contributed by atoms with van der Waals surface area (Å²) in [5, 5.41) is 7.31. The Kier molecular flexibility index (Phi) is 11.8. The molecular weight excluding hydrogens is 604 g/mol. The molecule has 1 amide bonds. The van der Waals surface area contributed by atoms with E-state index < -0.39 is 17.7 Å². The number of anilines is 1. The molecule has 0 bridgehead atoms. The van der Waals surface area contributed by atoms with Crippen molar-refractivity contribution in [3.63, 3.8) is 0 Å². The number of carbonyl (C=O) groups excluding carboxylic acids is 2. The quantitative estimate of drug-likeness (QED) is 0.336. The van der Waals surface area contributed by atoms with Crippen molar-refractivity contribution in [1.82, 2.24) is 15.5 Å². The van der Waals surface area contributed by atoms with Crippen LogP contribution in [0.15, 0.2) is 36.4 Å². The highest BCUT2D eigenvalue weighted by Crippen LogP contribution is 2.36. The minimum atomic E-state index is -4.45. The Bertz CT molecular complexity index is 1270. The molecule has 2 N–H and O–H groups in total. The van der Waals surface area contributed by atoms with Crippen molar-refractivity contribution in [1.29, 1.82) is 0 Å². The number of halogens is 5. The fourth-order valence-corrected chi connectivity index (χ4v) is 6.38. The maximum atomic E-state index is 13.7. The molecule has 0 radical (unpaired) electrons. The molecule has 2 unspecified atom stereocenters. The van der Waals surface area contributed by atoms with Crippen LogP contribution in [0, 0.1) is 5.92 Å². The van der Waals surface area contributed by atoms with Crippen LogP contribution < -0.4 is 15.5 Å². The van der Waals surface area contributed by atoms with Gasteiger partial charge in [-0.3, -0.25) is 9.59 Å². The molecule has 0 spiro atoms. The third-order valence-corrected chi connectivity index (χ3v) is 8.80. The standard InChI is InChI=1S/C31H39Cl2F3N4O3/c1-20(19-43-2)38-18-22-15-23(31(34,35)36)3-6-28(22)39-11-13-40(14-12-39)29(41)17-26(25-5-4-24(32)16-27(25)33)30(42)21-7-9-37-10-8-21/h3-6,15-16,20-21,26,37-38H,7-14,17-19H2,1-2H3. The van der Waals surface area contributed by atoms with Gasteiger partial charge in [0.25, 0.3) is 0 Å². The molecule has 0 aromatic heterocycles. The Labute approximate surface area is 261 Å². The molecule has 7 nitrogen and oxygen atoms in total. The Morgan fingerprint density at radius 2 is 1.77 bits per heavy atom. The molecule has 2 heterocycles. The molecule has 236 valence electrons. The molecule has 2 fully saturated rings. The summed E-state index contributed by atoms with van der Waals surface area (Å²) in [4.78, 5) is 31.0. The number of nitrogens with zero attached hydrogens (tertiary/aromatic N) is 2. The van der Waals surface area contributed by atoms with Crippen LogP contribution in [0.4, 0.5) is 18.9 Å². The third kappa shape index (κ3) is 8.85. The van der Waals surface area contributed by atoms with Crippen molar-refractivity contribution in [2.75, 3.05) is 57.9 Å². The molecule has 4 rings (SSSR count). The highest BCUT2D eigenvalue weighted by Gasteiger charge is 2.35. The van der Waals surface area contributed by atoms with Crippen LogP contribution in [0.2, 0.25) is 10.0 Å². The number of benzene rings is 2. The predicted molar refractivity (Wildman–Crippen MR) is 163 cm³/mol. The average molecular weight is 644 g/mol. The molecule has 2 aliphatic heterocycles. The van der Waals surface area contributed by atoms with E-state index in [-0.39, 0.29) is 36.6 Å². The van der Waals surface area contributed by atoms with E-state index >= 15 is 0 Å². The number of hydrogen-bond acceptors (Lipinski definition) is 6. The van der Waals surface area contributed by atoms with Crippen LogP contribution in [0.25, 0.3) is 0 Å². The highest BCUT2D eigenvalue weighted by atomic mass is 35.5. The van der Waals surface area contributed by atoms with Crippen LogP contribution in [0.3, 0.4) is 0 Å². The summed E-state index contributed by atoms with van der Waals surface area (Å²) in [5.41, 5.74) is 1.13. The molecule has 2 saturated heterocycles. The summed E-state index contributed by atoms with van der Waals surface area (Å²) in [6, 6.07) is 8.75. The van der Waals surface area contributed by atoms with E-state index in [1.165, 1.54) is 12.1 Å². The van der Waals surface area contributed by atoms with Gasteiger partial charge >= 0.3 is 6.18 Å². The van der Waals surface area contributed by atoms with Gasteiger partial charge in [-0.25, -0.2) is 0 Å². The molecule has 2 aliphatic rings. The zero-order valence-electron chi connectivity index (χ0n) is 24.5. The van der Waals surface area contributed by atoms with Crippen molar-refractivity contribution in [3.05, 3.63) is 63.1 Å². The maximum absolute atomic E-state index is 13.7. The van der Waals surface area contributed by atoms with Crippen LogP contribution in [-0.4, -0.2) is 75.6 Å². The van der Waals surface area contributed by atoms with Gasteiger partial charge in [-0.05, 0) is 74.3 Å². The zero-order chi connectivity index (χ0) is 31.1. The third-order valence-electron chi connectivity index (χ3n) is 8.24. The minimum Gasteiger partial charge on any atom is -0.383 e. The number of carbonyl (C=O) groups is 2. The SMILES string of the molecule is COCC(C)NCc1cc(C(F)(F)F)ccc1N1CCN(C(=O)CC(C(=O)C2CCNCC2)c2ccc(Cl)cc2Cl)CC1. The van der Waals surface area contributed by atoms with Gasteiger partial charge in [0.15, 0.2) is 0 Å². The number of ether oxygens (including phenoxy) is 1. The number of rotatable bonds is 11. The second-order valence-corrected chi connectivity index (χ2v) is 12.1. The van der Waals surface area contributed by atoms with E-state index in [0.29, 0.717) is 72.5 Å². The summed E-state index contributed by atoms with van der Waals surface area (Å²) in [6.45, 7) is 5.74. The second kappa shape index (κ2) is 15.1. The number of hydrogen-bond donors (Lipinski definition) is 2. The number of Topliss-reactive ketones (excluding diaryl/α,β-unsaturated/α-hetero) is 1. The lowest BCUT2D eigenvalue weighted by atomic mass is 9.81. The van der Waals surface area contributed by atoms with Gasteiger partial charge < -0.3 is 25.2 Å². The maximum Gasteiger partial charge on any atom is 0.416 e. The number of ketones is 1. The number of alkyl halides is 3. The number of methoxy groups -OCH3 is 1. The van der Waals surface area contributed by atoms with E-state index in [1.54, 1.807) is 30.2 Å². The summed E-state index contributed by atoms with van der Waals surface area (Å²) >= 11 is 12.6. The van der Waals surface area contributed by atoms with Gasteiger partial charge in [0, 0.05) is 73.9 Å². The number of piperazine rings is 1. The summed E-state index contributed by atoms with van der Waals surface area (Å²) in [7, 11) is 1.57. The lowest BCUT2D eigenvalue weighted by molar-refractivity contribution is -0.137. The van der Waals surface area contributed by atoms with Gasteiger partial charge in [-0.1, -0.05) is 29.3 Å². The van der Waals surface area contributed by atoms with Crippen molar-refractivity contribution in [2.45, 2.75) is 50.9 Å². The fraction of sp³-hybridized carbons (Fsp3) is 0.548. The van der Waals surface area contributed by atoms with Crippen LogP contribution in [-0.2, 0) is 27.0 Å². The minimum absolute atomic E-state index is 0.00302. The largest absolute Gasteiger partial charge is 0.416 e. The van der Waals surface area contributed by atoms with E-state index in [1.807, 2.05) is 11.8 Å². The molecule has 0 saturated carbocycles. The Morgan fingerprint density at radius 1 is 1.07 bits per heavy atom. The summed E-state index contributed by atoms with van der Waals surface area (Å²) in [5.74, 6) is -0.969. The summed E-state index contributed by atoms with van der Waals surface area (Å²) < 4.78 is 45.7. The van der Waals surface area contributed by atoms with Gasteiger partial charge in [0.1, 0.15) is 5.78 Å². The Balaban J connectivity index is 1.47. The number of piperidine rings is 1. The fourth-order valence-electron chi connectivity index (χ4n) is 5.84. The van der Waals surface area contributed by atoms with Gasteiger partial charge in [-0.2, -0.15) is 13.2 Å². The number of nitrogens with one attached hydrogen (secondary N) is 2. The first-order valence-corrected chi connectivity index (χ1v) is 15.4. The molecule has 2 aromatic rings. The lowest BCUT2D eigenvalue weighted by Crippen LogP contribution is -2.49. The number of amides is 1. The van der Waals surface area contributed by atoms with Crippen molar-refractivity contribution in [3.8, 4) is 0 Å². The first-order valence-electron chi connectivity index (χ1n) is 14.6. The van der Waals surface area contributed by atoms with Crippen LogP contribution in [0.1, 0.15) is 48.8 Å². The monoisotopic (exact) mass is 642 g/mol. The van der Waals surface area contributed by atoms with E-state index in [0.717, 1.165) is 19.2 Å². The highest BCUT2D eigenvalue weighted by molar-refractivity contribution is 6.35. The topological polar surface area (TPSA) is 73.9 Å². The molecule has 2 aromatic carbocycles. The van der Waals surface area contributed by atoms with Crippen LogP contribution >= 0.6 is 23.2 Å². The van der Waals surface area contributed by atoms with Crippen LogP contribution in [0.5, 0.6) is 0 Å². The smallest absolute Gasteiger partial charge is 0.383 e. The van der Waals surface area contributed by atoms with E-state index in [9.17, 15) is 22.8 Å². The molecule has 2 atom stereocenters. The summed E-state index contributed by atoms with van der Waals surface area (Å²) in [6.07, 6.45) is -3.04. The second-order valence-electron chi connectivity index (χ2n) is 11.3. The first kappa shape index (κ1) is 33.5. The Hall–Kier alpha value is -2.37. The van der Waals surface area contributed by atoms with E-state index in [4.69, 9.17) is 27.9 Å². The molecule has 43 heavy (non-hydrogen) atoms. The molecule has 0 aliphatic carbocycles. The zero-order valence-corrected chi connectivity index (χ0v) is 26.0. The van der Waals surface area contributed by atoms with Gasteiger partial charge in [0.05, 0.1) is 18.1 Å². The average Bonchev–Trinajstić information content (AvgIpc) is 2.99. The van der Waals surface area contributed by atoms with Crippen molar-refractivity contribution in [2.24, 2.45) is 5.92 Å². The van der Waals surface area contributed by atoms with Crippen molar-refractivity contribution < 1.29 is 27.5 Å². The first-order chi connectivity index (χ1) is 20.5. The lowest BCUT2D eigenvalue weighted by Gasteiger charge is -2.38. The molecular formula is C31H39Cl2F3N4O3.